The summed E-state index contributed by atoms with van der Waals surface area (Å²) in [5, 5.41) is 3.69. The van der Waals surface area contributed by atoms with Gasteiger partial charge >= 0.3 is 5.97 Å². The predicted octanol–water partition coefficient (Wildman–Crippen LogP) is 1.60. The number of thioether (sulfide) groups is 1. The Bertz CT molecular complexity index is 644. The summed E-state index contributed by atoms with van der Waals surface area (Å²) in [5.74, 6) is -0.592. The number of carbonyl (C=O) groups excluding carboxylic acids is 2. The number of rotatable bonds is 5. The number of H-pyrrole nitrogens is 1. The van der Waals surface area contributed by atoms with Gasteiger partial charge in [-0.15, -0.1) is 0 Å². The minimum atomic E-state index is -0.485. The number of ether oxygens (including phenoxy) is 1. The van der Waals surface area contributed by atoms with Gasteiger partial charge in [0.05, 0.1) is 23.9 Å². The first kappa shape index (κ1) is 14.7. The molecule has 1 aromatic heterocycles. The molecule has 0 saturated heterocycles. The molecule has 0 spiro atoms. The summed E-state index contributed by atoms with van der Waals surface area (Å²) in [4.78, 5) is 29.7. The molecule has 8 heteroatoms. The monoisotopic (exact) mass is 313 g/mol. The highest BCUT2D eigenvalue weighted by Gasteiger charge is 2.08. The minimum absolute atomic E-state index is 0.133. The fourth-order valence-corrected chi connectivity index (χ4v) is 2.34. The van der Waals surface area contributed by atoms with Gasteiger partial charge in [-0.25, -0.2) is 4.98 Å². The summed E-state index contributed by atoms with van der Waals surface area (Å²) in [6.45, 7) is -0.133. The maximum Gasteiger partial charge on any atom is 0.325 e. The normalized spacial score (nSPS) is 10.5. The van der Waals surface area contributed by atoms with E-state index in [0.717, 1.165) is 11.0 Å². The number of fused-ring (bicyclic) bond motifs is 1. The van der Waals surface area contributed by atoms with E-state index in [4.69, 9.17) is 11.6 Å². The molecule has 2 N–H and O–H groups in total. The number of benzene rings is 1. The summed E-state index contributed by atoms with van der Waals surface area (Å²) in [7, 11) is 1.27. The fourth-order valence-electron chi connectivity index (χ4n) is 1.45. The SMILES string of the molecule is COC(=O)CNC(=O)CSc1nc2ccc(Cl)cc2[nH]1. The lowest BCUT2D eigenvalue weighted by Crippen LogP contribution is -2.31. The van der Waals surface area contributed by atoms with Gasteiger partial charge < -0.3 is 15.0 Å². The van der Waals surface area contributed by atoms with Gasteiger partial charge in [0, 0.05) is 5.02 Å². The zero-order valence-corrected chi connectivity index (χ0v) is 12.2. The molecule has 106 valence electrons. The van der Waals surface area contributed by atoms with Crippen LogP contribution in [0, 0.1) is 0 Å². The van der Waals surface area contributed by atoms with Gasteiger partial charge in [0.2, 0.25) is 5.91 Å². The largest absolute Gasteiger partial charge is 0.468 e. The van der Waals surface area contributed by atoms with Gasteiger partial charge in [-0.05, 0) is 18.2 Å². The number of halogens is 1. The van der Waals surface area contributed by atoms with Crippen LogP contribution in [0.2, 0.25) is 5.02 Å². The van der Waals surface area contributed by atoms with Gasteiger partial charge in [-0.1, -0.05) is 23.4 Å². The maximum absolute atomic E-state index is 11.5. The van der Waals surface area contributed by atoms with Crippen LogP contribution in [0.3, 0.4) is 0 Å². The molecule has 1 aromatic carbocycles. The van der Waals surface area contributed by atoms with E-state index >= 15 is 0 Å². The first-order chi connectivity index (χ1) is 9.58. The first-order valence-corrected chi connectivity index (χ1v) is 7.06. The summed E-state index contributed by atoms with van der Waals surface area (Å²) in [5.41, 5.74) is 1.60. The van der Waals surface area contributed by atoms with Crippen LogP contribution < -0.4 is 5.32 Å². The average molecular weight is 314 g/mol. The van der Waals surface area contributed by atoms with Gasteiger partial charge in [-0.3, -0.25) is 9.59 Å². The molecule has 0 fully saturated rings. The van der Waals surface area contributed by atoms with E-state index in [1.165, 1.54) is 18.9 Å². The minimum Gasteiger partial charge on any atom is -0.468 e. The van der Waals surface area contributed by atoms with Crippen molar-refractivity contribution in [1.82, 2.24) is 15.3 Å². The number of carbonyl (C=O) groups is 2. The number of imidazole rings is 1. The van der Waals surface area contributed by atoms with Crippen LogP contribution in [0.1, 0.15) is 0 Å². The fraction of sp³-hybridized carbons (Fsp3) is 0.250. The molecule has 0 atom stereocenters. The van der Waals surface area contributed by atoms with Crippen molar-refractivity contribution in [2.75, 3.05) is 19.4 Å². The molecule has 0 aliphatic carbocycles. The van der Waals surface area contributed by atoms with Gasteiger partial charge in [0.25, 0.3) is 0 Å². The number of nitrogens with one attached hydrogen (secondary N) is 2. The number of esters is 1. The second-order valence-electron chi connectivity index (χ2n) is 3.84. The first-order valence-electron chi connectivity index (χ1n) is 5.70. The number of nitrogens with zero attached hydrogens (tertiary/aromatic N) is 1. The zero-order valence-electron chi connectivity index (χ0n) is 10.6. The summed E-state index contributed by atoms with van der Waals surface area (Å²) >= 11 is 7.12. The van der Waals surface area contributed by atoms with Crippen LogP contribution in [0.5, 0.6) is 0 Å². The van der Waals surface area contributed by atoms with Gasteiger partial charge in [0.15, 0.2) is 5.16 Å². The van der Waals surface area contributed by atoms with Crippen molar-refractivity contribution >= 4 is 46.3 Å². The van der Waals surface area contributed by atoms with Crippen LogP contribution in [0.4, 0.5) is 0 Å². The van der Waals surface area contributed by atoms with E-state index in [0.29, 0.717) is 10.2 Å². The van der Waals surface area contributed by atoms with Gasteiger partial charge in [0.1, 0.15) is 6.54 Å². The third-order valence-electron chi connectivity index (χ3n) is 2.42. The topological polar surface area (TPSA) is 84.1 Å². The Hall–Kier alpha value is -1.73. The molecule has 1 heterocycles. The van der Waals surface area contributed by atoms with Gasteiger partial charge in [-0.2, -0.15) is 0 Å². The number of aromatic amines is 1. The molecule has 0 unspecified atom stereocenters. The number of amides is 1. The molecule has 0 radical (unpaired) electrons. The van der Waals surface area contributed by atoms with E-state index in [1.807, 2.05) is 0 Å². The summed E-state index contributed by atoms with van der Waals surface area (Å²) in [6, 6.07) is 5.32. The van der Waals surface area contributed by atoms with Crippen molar-refractivity contribution in [3.63, 3.8) is 0 Å². The molecule has 2 aromatic rings. The summed E-state index contributed by atoms with van der Waals surface area (Å²) in [6.07, 6.45) is 0. The van der Waals surface area contributed by atoms with E-state index in [2.05, 4.69) is 20.0 Å². The lowest BCUT2D eigenvalue weighted by molar-refractivity contribution is -0.140. The highest BCUT2D eigenvalue weighted by molar-refractivity contribution is 7.99. The Balaban J connectivity index is 1.89. The molecular formula is C12H12ClN3O3S. The molecule has 0 saturated carbocycles. The third-order valence-corrected chi connectivity index (χ3v) is 3.53. The Morgan fingerprint density at radius 2 is 2.30 bits per heavy atom. The summed E-state index contributed by atoms with van der Waals surface area (Å²) < 4.78 is 4.42. The average Bonchev–Trinajstić information content (AvgIpc) is 2.84. The highest BCUT2D eigenvalue weighted by Crippen LogP contribution is 2.21. The van der Waals surface area contributed by atoms with Crippen molar-refractivity contribution in [2.24, 2.45) is 0 Å². The smallest absolute Gasteiger partial charge is 0.325 e. The van der Waals surface area contributed by atoms with Crippen LogP contribution in [0.15, 0.2) is 23.4 Å². The molecular weight excluding hydrogens is 302 g/mol. The predicted molar refractivity (Wildman–Crippen MR) is 76.9 cm³/mol. The zero-order chi connectivity index (χ0) is 14.5. The van der Waals surface area contributed by atoms with Crippen molar-refractivity contribution < 1.29 is 14.3 Å². The molecule has 0 aliphatic rings. The van der Waals surface area contributed by atoms with E-state index in [9.17, 15) is 9.59 Å². The molecule has 0 aliphatic heterocycles. The standard InChI is InChI=1S/C12H12ClN3O3S/c1-19-11(18)5-14-10(17)6-20-12-15-8-3-2-7(13)4-9(8)16-12/h2-4H,5-6H2,1H3,(H,14,17)(H,15,16). The third kappa shape index (κ3) is 3.88. The van der Waals surface area contributed by atoms with Crippen LogP contribution in [0.25, 0.3) is 11.0 Å². The number of aromatic nitrogens is 2. The molecule has 2 rings (SSSR count). The van der Waals surface area contributed by atoms with E-state index in [-0.39, 0.29) is 18.2 Å². The Labute approximate surface area is 124 Å². The molecule has 1 amide bonds. The quantitative estimate of drug-likeness (QED) is 0.647. The molecule has 0 bridgehead atoms. The van der Waals surface area contributed by atoms with Crippen molar-refractivity contribution in [3.8, 4) is 0 Å². The number of hydrogen-bond acceptors (Lipinski definition) is 5. The Kier molecular flexibility index (Phi) is 4.86. The van der Waals surface area contributed by atoms with Crippen molar-refractivity contribution in [1.29, 1.82) is 0 Å². The second kappa shape index (κ2) is 6.62. The van der Waals surface area contributed by atoms with Crippen LogP contribution in [-0.2, 0) is 14.3 Å². The Morgan fingerprint density at radius 3 is 3.05 bits per heavy atom. The van der Waals surface area contributed by atoms with E-state index < -0.39 is 5.97 Å². The molecule has 20 heavy (non-hydrogen) atoms. The maximum atomic E-state index is 11.5. The Morgan fingerprint density at radius 1 is 1.50 bits per heavy atom. The highest BCUT2D eigenvalue weighted by atomic mass is 35.5. The van der Waals surface area contributed by atoms with Crippen molar-refractivity contribution in [3.05, 3.63) is 23.2 Å². The van der Waals surface area contributed by atoms with Crippen LogP contribution >= 0.6 is 23.4 Å². The molecule has 6 nitrogen and oxygen atoms in total. The van der Waals surface area contributed by atoms with Crippen LogP contribution in [-0.4, -0.2) is 41.3 Å². The lowest BCUT2D eigenvalue weighted by Gasteiger charge is -2.02. The number of methoxy groups -OCH3 is 1. The second-order valence-corrected chi connectivity index (χ2v) is 5.25. The van der Waals surface area contributed by atoms with Crippen molar-refractivity contribution in [2.45, 2.75) is 5.16 Å². The number of hydrogen-bond donors (Lipinski definition) is 2. The lowest BCUT2D eigenvalue weighted by atomic mass is 10.3. The van der Waals surface area contributed by atoms with E-state index in [1.54, 1.807) is 18.2 Å².